The molecule has 1 aromatic heterocycles. The topological polar surface area (TPSA) is 28.2 Å². The zero-order chi connectivity index (χ0) is 13.8. The molecule has 108 valence electrons. The molecule has 1 aliphatic heterocycles. The van der Waals surface area contributed by atoms with E-state index < -0.39 is 0 Å². The van der Waals surface area contributed by atoms with Crippen LogP contribution in [0.25, 0.3) is 0 Å². The smallest absolute Gasteiger partial charge is 0.185 e. The highest BCUT2D eigenvalue weighted by Gasteiger charge is 2.27. The molecule has 2 unspecified atom stereocenters. The molecule has 0 aromatic carbocycles. The van der Waals surface area contributed by atoms with Gasteiger partial charge in [0.1, 0.15) is 0 Å². The quantitative estimate of drug-likeness (QED) is 0.903. The highest BCUT2D eigenvalue weighted by molar-refractivity contribution is 8.00. The molecule has 2 atom stereocenters. The minimum absolute atomic E-state index is 0.585. The summed E-state index contributed by atoms with van der Waals surface area (Å²) in [5.41, 5.74) is 0. The first kappa shape index (κ1) is 15.1. The molecule has 0 bridgehead atoms. The van der Waals surface area contributed by atoms with E-state index in [9.17, 15) is 0 Å². The van der Waals surface area contributed by atoms with Crippen molar-refractivity contribution in [2.45, 2.75) is 45.5 Å². The van der Waals surface area contributed by atoms with Crippen LogP contribution in [0, 0.1) is 5.92 Å². The van der Waals surface area contributed by atoms with Crippen molar-refractivity contribution in [3.63, 3.8) is 0 Å². The first-order chi connectivity index (χ1) is 9.08. The van der Waals surface area contributed by atoms with Gasteiger partial charge in [-0.05, 0) is 19.4 Å². The van der Waals surface area contributed by atoms with Gasteiger partial charge in [0.05, 0.1) is 0 Å². The molecule has 1 fully saturated rings. The lowest BCUT2D eigenvalue weighted by Crippen LogP contribution is -2.44. The lowest BCUT2D eigenvalue weighted by molar-refractivity contribution is 0.554. The molecule has 0 aliphatic carbocycles. The Morgan fingerprint density at radius 3 is 3.00 bits per heavy atom. The fourth-order valence-corrected chi connectivity index (χ4v) is 4.29. The summed E-state index contributed by atoms with van der Waals surface area (Å²) >= 11 is 3.91. The molecule has 1 aliphatic rings. The van der Waals surface area contributed by atoms with Gasteiger partial charge in [0.15, 0.2) is 5.13 Å². The average molecular weight is 300 g/mol. The summed E-state index contributed by atoms with van der Waals surface area (Å²) in [6, 6.07) is 0.585. The van der Waals surface area contributed by atoms with Crippen molar-refractivity contribution in [1.82, 2.24) is 10.3 Å². The minimum atomic E-state index is 0.585. The van der Waals surface area contributed by atoms with Gasteiger partial charge in [-0.3, -0.25) is 0 Å². The molecule has 1 aromatic rings. The van der Waals surface area contributed by atoms with E-state index in [1.54, 1.807) is 0 Å². The van der Waals surface area contributed by atoms with E-state index in [-0.39, 0.29) is 0 Å². The Bertz CT molecular complexity index is 392. The number of thiazole rings is 1. The van der Waals surface area contributed by atoms with Gasteiger partial charge < -0.3 is 10.2 Å². The van der Waals surface area contributed by atoms with Crippen molar-refractivity contribution in [1.29, 1.82) is 0 Å². The molecule has 0 radical (unpaired) electrons. The highest BCUT2D eigenvalue weighted by Crippen LogP contribution is 2.31. The summed E-state index contributed by atoms with van der Waals surface area (Å²) in [5, 5.41) is 5.38. The standard InChI is InChI=1S/C14H25N3S2/c1-10(2)7-15-8-13-9-16-14(19-13)17-5-6-18-12(4)11(17)3/h9-12,15H,5-8H2,1-4H3. The third-order valence-corrected chi connectivity index (χ3v) is 5.90. The van der Waals surface area contributed by atoms with Crippen LogP contribution in [0.5, 0.6) is 0 Å². The number of hydrogen-bond donors (Lipinski definition) is 1. The lowest BCUT2D eigenvalue weighted by Gasteiger charge is -2.37. The zero-order valence-electron chi connectivity index (χ0n) is 12.3. The van der Waals surface area contributed by atoms with Crippen LogP contribution in [-0.4, -0.2) is 35.1 Å². The predicted molar refractivity (Wildman–Crippen MR) is 87.4 cm³/mol. The van der Waals surface area contributed by atoms with Crippen molar-refractivity contribution in [3.05, 3.63) is 11.1 Å². The van der Waals surface area contributed by atoms with Crippen molar-refractivity contribution in [2.24, 2.45) is 5.92 Å². The van der Waals surface area contributed by atoms with E-state index in [4.69, 9.17) is 0 Å². The molecule has 2 rings (SSSR count). The summed E-state index contributed by atoms with van der Waals surface area (Å²) in [4.78, 5) is 8.43. The van der Waals surface area contributed by atoms with E-state index in [1.165, 1.54) is 15.8 Å². The van der Waals surface area contributed by atoms with Gasteiger partial charge in [-0.25, -0.2) is 4.98 Å². The summed E-state index contributed by atoms with van der Waals surface area (Å²) in [6.07, 6.45) is 2.03. The number of aromatic nitrogens is 1. The number of nitrogens with one attached hydrogen (secondary N) is 1. The third-order valence-electron chi connectivity index (χ3n) is 3.52. The maximum Gasteiger partial charge on any atom is 0.185 e. The number of hydrogen-bond acceptors (Lipinski definition) is 5. The van der Waals surface area contributed by atoms with Crippen molar-refractivity contribution in [3.8, 4) is 0 Å². The second-order valence-electron chi connectivity index (χ2n) is 5.64. The Morgan fingerprint density at radius 2 is 2.26 bits per heavy atom. The van der Waals surface area contributed by atoms with Gasteiger partial charge >= 0.3 is 0 Å². The molecule has 0 saturated carbocycles. The van der Waals surface area contributed by atoms with Crippen LogP contribution in [0.2, 0.25) is 0 Å². The molecule has 0 amide bonds. The van der Waals surface area contributed by atoms with Gasteiger partial charge in [0.2, 0.25) is 0 Å². The number of thioether (sulfide) groups is 1. The SMILES string of the molecule is CC(C)CNCc1cnc(N2CCSC(C)C2C)s1. The first-order valence-electron chi connectivity index (χ1n) is 7.11. The van der Waals surface area contributed by atoms with E-state index in [1.807, 2.05) is 17.5 Å². The monoisotopic (exact) mass is 299 g/mol. The van der Waals surface area contributed by atoms with Crippen molar-refractivity contribution >= 4 is 28.2 Å². The van der Waals surface area contributed by atoms with E-state index in [0.29, 0.717) is 17.2 Å². The number of anilines is 1. The van der Waals surface area contributed by atoms with E-state index in [2.05, 4.69) is 54.7 Å². The van der Waals surface area contributed by atoms with Crippen LogP contribution < -0.4 is 10.2 Å². The lowest BCUT2D eigenvalue weighted by atomic mass is 10.2. The Hall–Kier alpha value is -0.260. The number of rotatable bonds is 5. The molecule has 3 nitrogen and oxygen atoms in total. The Kier molecular flexibility index (Phi) is 5.54. The van der Waals surface area contributed by atoms with Crippen molar-refractivity contribution in [2.75, 3.05) is 23.7 Å². The molecule has 1 N–H and O–H groups in total. The van der Waals surface area contributed by atoms with Gasteiger partial charge in [-0.15, -0.1) is 11.3 Å². The second kappa shape index (κ2) is 6.95. The van der Waals surface area contributed by atoms with Gasteiger partial charge in [-0.1, -0.05) is 20.8 Å². The van der Waals surface area contributed by atoms with E-state index in [0.717, 1.165) is 19.6 Å². The van der Waals surface area contributed by atoms with Gasteiger partial charge in [0.25, 0.3) is 0 Å². The minimum Gasteiger partial charge on any atom is -0.343 e. The highest BCUT2D eigenvalue weighted by atomic mass is 32.2. The zero-order valence-corrected chi connectivity index (χ0v) is 14.0. The fraction of sp³-hybridized carbons (Fsp3) is 0.786. The fourth-order valence-electron chi connectivity index (χ4n) is 2.20. The van der Waals surface area contributed by atoms with Crippen LogP contribution in [0.3, 0.4) is 0 Å². The van der Waals surface area contributed by atoms with Crippen LogP contribution in [0.15, 0.2) is 6.20 Å². The summed E-state index contributed by atoms with van der Waals surface area (Å²) in [5.74, 6) is 1.92. The van der Waals surface area contributed by atoms with Crippen molar-refractivity contribution < 1.29 is 0 Å². The Labute approximate surface area is 125 Å². The largest absolute Gasteiger partial charge is 0.343 e. The molecule has 5 heteroatoms. The Balaban J connectivity index is 1.92. The molecule has 19 heavy (non-hydrogen) atoms. The normalized spacial score (nSPS) is 24.2. The maximum atomic E-state index is 4.62. The maximum absolute atomic E-state index is 4.62. The van der Waals surface area contributed by atoms with Crippen LogP contribution in [-0.2, 0) is 6.54 Å². The summed E-state index contributed by atoms with van der Waals surface area (Å²) < 4.78 is 0. The molecule has 2 heterocycles. The Morgan fingerprint density at radius 1 is 1.47 bits per heavy atom. The molecule has 1 saturated heterocycles. The van der Waals surface area contributed by atoms with Crippen LogP contribution in [0.4, 0.5) is 5.13 Å². The first-order valence-corrected chi connectivity index (χ1v) is 8.98. The van der Waals surface area contributed by atoms with E-state index >= 15 is 0 Å². The van der Waals surface area contributed by atoms with Crippen LogP contribution in [0.1, 0.15) is 32.6 Å². The average Bonchev–Trinajstić information content (AvgIpc) is 2.81. The van der Waals surface area contributed by atoms with Gasteiger partial charge in [0, 0.05) is 41.2 Å². The number of nitrogens with zero attached hydrogens (tertiary/aromatic N) is 2. The molecular formula is C14H25N3S2. The molecular weight excluding hydrogens is 274 g/mol. The summed E-state index contributed by atoms with van der Waals surface area (Å²) in [6.45, 7) is 12.3. The predicted octanol–water partition coefficient (Wildman–Crippen LogP) is 3.22. The van der Waals surface area contributed by atoms with Crippen LogP contribution >= 0.6 is 23.1 Å². The summed E-state index contributed by atoms with van der Waals surface area (Å²) in [7, 11) is 0. The molecule has 0 spiro atoms. The second-order valence-corrected chi connectivity index (χ2v) is 8.22. The third kappa shape index (κ3) is 4.10. The van der Waals surface area contributed by atoms with Gasteiger partial charge in [-0.2, -0.15) is 11.8 Å².